The average Bonchev–Trinajstić information content (AvgIpc) is 2.87. The molecule has 3 aromatic carbocycles. The minimum atomic E-state index is -0.531. The second-order valence-corrected chi connectivity index (χ2v) is 7.79. The largest absolute Gasteiger partial charge is 0.368 e. The Morgan fingerprint density at radius 1 is 0.625 bits per heavy atom. The Labute approximate surface area is 189 Å². The van der Waals surface area contributed by atoms with Gasteiger partial charge in [-0.25, -0.2) is 0 Å². The summed E-state index contributed by atoms with van der Waals surface area (Å²) in [5, 5.41) is 0. The standard InChI is InChI=1S/C27H30O5/c1-28-27-26(31-19-23-15-9-4-10-16-23)25(30-18-22-13-7-3-8-14-22)24(20-32-27)29-17-21-11-5-2-6-12-21/h2-16,24-27H,17-20H2,1H3/t24-,25+,26-,27-/m1/s1. The molecule has 1 saturated heterocycles. The minimum Gasteiger partial charge on any atom is -0.368 e. The van der Waals surface area contributed by atoms with E-state index in [1.807, 2.05) is 91.0 Å². The second-order valence-electron chi connectivity index (χ2n) is 7.79. The van der Waals surface area contributed by atoms with E-state index in [-0.39, 0.29) is 12.2 Å². The molecule has 1 fully saturated rings. The molecule has 0 bridgehead atoms. The van der Waals surface area contributed by atoms with Gasteiger partial charge in [0.2, 0.25) is 0 Å². The molecule has 3 aromatic rings. The fourth-order valence-corrected chi connectivity index (χ4v) is 3.78. The van der Waals surface area contributed by atoms with Gasteiger partial charge < -0.3 is 23.7 Å². The molecule has 0 N–H and O–H groups in total. The van der Waals surface area contributed by atoms with E-state index < -0.39 is 12.4 Å². The summed E-state index contributed by atoms with van der Waals surface area (Å²) in [5.74, 6) is 0. The fraction of sp³-hybridized carbons (Fsp3) is 0.333. The van der Waals surface area contributed by atoms with E-state index in [4.69, 9.17) is 23.7 Å². The maximum atomic E-state index is 6.39. The average molecular weight is 435 g/mol. The molecule has 4 rings (SSSR count). The Bertz CT molecular complexity index is 903. The molecule has 0 spiro atoms. The van der Waals surface area contributed by atoms with Gasteiger partial charge >= 0.3 is 0 Å². The van der Waals surface area contributed by atoms with Gasteiger partial charge in [-0.3, -0.25) is 0 Å². The van der Waals surface area contributed by atoms with Crippen LogP contribution in [-0.4, -0.2) is 38.3 Å². The van der Waals surface area contributed by atoms with Crippen molar-refractivity contribution in [3.05, 3.63) is 108 Å². The number of benzene rings is 3. The Kier molecular flexibility index (Phi) is 8.42. The summed E-state index contributed by atoms with van der Waals surface area (Å²) in [7, 11) is 1.63. The number of hydrogen-bond donors (Lipinski definition) is 0. The lowest BCUT2D eigenvalue weighted by Crippen LogP contribution is -2.56. The lowest BCUT2D eigenvalue weighted by Gasteiger charge is -2.41. The molecule has 168 valence electrons. The third-order valence-corrected chi connectivity index (χ3v) is 5.49. The predicted octanol–water partition coefficient (Wildman–Crippen LogP) is 4.75. The summed E-state index contributed by atoms with van der Waals surface area (Å²) in [5.41, 5.74) is 3.28. The van der Waals surface area contributed by atoms with Crippen molar-refractivity contribution in [1.82, 2.24) is 0 Å². The second kappa shape index (κ2) is 11.9. The summed E-state index contributed by atoms with van der Waals surface area (Å²) in [6.07, 6.45) is -1.60. The van der Waals surface area contributed by atoms with Crippen molar-refractivity contribution in [2.45, 2.75) is 44.4 Å². The molecule has 1 aliphatic rings. The third kappa shape index (κ3) is 6.25. The van der Waals surface area contributed by atoms with Gasteiger partial charge in [-0.15, -0.1) is 0 Å². The van der Waals surface area contributed by atoms with E-state index in [1.54, 1.807) is 7.11 Å². The van der Waals surface area contributed by atoms with Gasteiger partial charge in [0.1, 0.15) is 18.3 Å². The van der Waals surface area contributed by atoms with Crippen LogP contribution in [0.3, 0.4) is 0 Å². The maximum absolute atomic E-state index is 6.39. The van der Waals surface area contributed by atoms with Crippen molar-refractivity contribution in [2.24, 2.45) is 0 Å². The van der Waals surface area contributed by atoms with E-state index in [0.717, 1.165) is 16.7 Å². The molecule has 1 aliphatic heterocycles. The first kappa shape index (κ1) is 22.6. The molecule has 0 amide bonds. The first-order valence-corrected chi connectivity index (χ1v) is 10.9. The Balaban J connectivity index is 1.49. The molecule has 0 aromatic heterocycles. The Morgan fingerprint density at radius 2 is 1.06 bits per heavy atom. The van der Waals surface area contributed by atoms with Gasteiger partial charge in [0, 0.05) is 7.11 Å². The Morgan fingerprint density at radius 3 is 1.53 bits per heavy atom. The van der Waals surface area contributed by atoms with E-state index >= 15 is 0 Å². The number of methoxy groups -OCH3 is 1. The summed E-state index contributed by atoms with van der Waals surface area (Å²) in [6, 6.07) is 30.3. The monoisotopic (exact) mass is 434 g/mol. The topological polar surface area (TPSA) is 46.2 Å². The smallest absolute Gasteiger partial charge is 0.186 e. The lowest BCUT2D eigenvalue weighted by atomic mass is 10.0. The SMILES string of the molecule is CO[C@@H]1OC[C@@H](OCc2ccccc2)[C@H](OCc2ccccc2)[C@H]1OCc1ccccc1. The third-order valence-electron chi connectivity index (χ3n) is 5.49. The highest BCUT2D eigenvalue weighted by atomic mass is 16.7. The van der Waals surface area contributed by atoms with Crippen molar-refractivity contribution in [3.8, 4) is 0 Å². The van der Waals surface area contributed by atoms with Crippen LogP contribution in [-0.2, 0) is 43.5 Å². The van der Waals surface area contributed by atoms with Gasteiger partial charge in [-0.1, -0.05) is 91.0 Å². The van der Waals surface area contributed by atoms with Crippen LogP contribution in [0.2, 0.25) is 0 Å². The van der Waals surface area contributed by atoms with Gasteiger partial charge in [-0.2, -0.15) is 0 Å². The van der Waals surface area contributed by atoms with Crippen LogP contribution in [0, 0.1) is 0 Å². The fourth-order valence-electron chi connectivity index (χ4n) is 3.78. The number of ether oxygens (including phenoxy) is 5. The number of rotatable bonds is 10. The van der Waals surface area contributed by atoms with E-state index in [0.29, 0.717) is 26.4 Å². The summed E-state index contributed by atoms with van der Waals surface area (Å²) < 4.78 is 30.5. The molecule has 4 atom stereocenters. The lowest BCUT2D eigenvalue weighted by molar-refractivity contribution is -0.293. The summed E-state index contributed by atoms with van der Waals surface area (Å²) in [4.78, 5) is 0. The van der Waals surface area contributed by atoms with E-state index in [1.165, 1.54) is 0 Å². The maximum Gasteiger partial charge on any atom is 0.186 e. The van der Waals surface area contributed by atoms with Gasteiger partial charge in [0.05, 0.1) is 26.4 Å². The van der Waals surface area contributed by atoms with Crippen LogP contribution in [0.5, 0.6) is 0 Å². The van der Waals surface area contributed by atoms with Gasteiger partial charge in [0.15, 0.2) is 6.29 Å². The number of hydrogen-bond acceptors (Lipinski definition) is 5. The van der Waals surface area contributed by atoms with Gasteiger partial charge in [0.25, 0.3) is 0 Å². The quantitative estimate of drug-likeness (QED) is 0.461. The van der Waals surface area contributed by atoms with Crippen LogP contribution < -0.4 is 0 Å². The summed E-state index contributed by atoms with van der Waals surface area (Å²) >= 11 is 0. The molecular weight excluding hydrogens is 404 g/mol. The normalized spacial score (nSPS) is 23.2. The van der Waals surface area contributed by atoms with Crippen LogP contribution >= 0.6 is 0 Å². The van der Waals surface area contributed by atoms with E-state index in [9.17, 15) is 0 Å². The predicted molar refractivity (Wildman–Crippen MR) is 122 cm³/mol. The van der Waals surface area contributed by atoms with Crippen molar-refractivity contribution in [2.75, 3.05) is 13.7 Å². The van der Waals surface area contributed by atoms with Crippen molar-refractivity contribution < 1.29 is 23.7 Å². The van der Waals surface area contributed by atoms with Crippen LogP contribution in [0.1, 0.15) is 16.7 Å². The molecule has 5 nitrogen and oxygen atoms in total. The highest BCUT2D eigenvalue weighted by Gasteiger charge is 2.43. The van der Waals surface area contributed by atoms with Crippen LogP contribution in [0.15, 0.2) is 91.0 Å². The van der Waals surface area contributed by atoms with Crippen molar-refractivity contribution >= 4 is 0 Å². The minimum absolute atomic E-state index is 0.286. The Hall–Kier alpha value is -2.54. The molecule has 0 aliphatic carbocycles. The van der Waals surface area contributed by atoms with Gasteiger partial charge in [-0.05, 0) is 16.7 Å². The molecule has 1 heterocycles. The highest BCUT2D eigenvalue weighted by Crippen LogP contribution is 2.27. The van der Waals surface area contributed by atoms with Crippen LogP contribution in [0.25, 0.3) is 0 Å². The first-order chi connectivity index (χ1) is 15.8. The molecule has 0 saturated carbocycles. The van der Waals surface area contributed by atoms with Crippen molar-refractivity contribution in [3.63, 3.8) is 0 Å². The van der Waals surface area contributed by atoms with Crippen LogP contribution in [0.4, 0.5) is 0 Å². The molecule has 5 heteroatoms. The summed E-state index contributed by atoms with van der Waals surface area (Å²) in [6.45, 7) is 1.74. The molecule has 32 heavy (non-hydrogen) atoms. The zero-order valence-electron chi connectivity index (χ0n) is 18.3. The van der Waals surface area contributed by atoms with E-state index in [2.05, 4.69) is 0 Å². The molecule has 0 unspecified atom stereocenters. The zero-order chi connectivity index (χ0) is 22.0. The highest BCUT2D eigenvalue weighted by molar-refractivity contribution is 5.15. The van der Waals surface area contributed by atoms with Crippen molar-refractivity contribution in [1.29, 1.82) is 0 Å². The first-order valence-electron chi connectivity index (χ1n) is 10.9. The zero-order valence-corrected chi connectivity index (χ0v) is 18.3. The molecule has 0 radical (unpaired) electrons. The molecular formula is C27H30O5.